The van der Waals surface area contributed by atoms with Crippen LogP contribution in [0.3, 0.4) is 0 Å². The van der Waals surface area contributed by atoms with Crippen molar-refractivity contribution in [2.75, 3.05) is 0 Å². The second-order valence-corrected chi connectivity index (χ2v) is 7.11. The Kier molecular flexibility index (Phi) is 4.59. The van der Waals surface area contributed by atoms with Crippen molar-refractivity contribution in [3.05, 3.63) is 34.4 Å². The largest absolute Gasteiger partial charge is 0.459 e. The zero-order valence-electron chi connectivity index (χ0n) is 14.1. The van der Waals surface area contributed by atoms with Gasteiger partial charge in [0.25, 0.3) is 0 Å². The first kappa shape index (κ1) is 16.5. The number of carbonyl (C=O) groups excluding carboxylic acids is 2. The molecule has 1 aromatic rings. The van der Waals surface area contributed by atoms with Crippen molar-refractivity contribution in [1.29, 1.82) is 0 Å². The molecule has 0 aliphatic carbocycles. The Balaban J connectivity index is 2.07. The predicted octanol–water partition coefficient (Wildman–Crippen LogP) is 2.92. The maximum Gasteiger partial charge on any atom is 0.328 e. The summed E-state index contributed by atoms with van der Waals surface area (Å²) in [4.78, 5) is 23.1. The molecule has 0 unspecified atom stereocenters. The van der Waals surface area contributed by atoms with Gasteiger partial charge in [-0.1, -0.05) is 32.9 Å². The molecule has 2 rings (SSSR count). The summed E-state index contributed by atoms with van der Waals surface area (Å²) in [7, 11) is 0. The minimum atomic E-state index is -0.484. The van der Waals surface area contributed by atoms with E-state index < -0.39 is 6.04 Å². The molecular formula is C18H25NO3. The van der Waals surface area contributed by atoms with Crippen molar-refractivity contribution in [3.63, 3.8) is 0 Å². The Morgan fingerprint density at radius 3 is 2.32 bits per heavy atom. The molecule has 1 heterocycles. The third-order valence-corrected chi connectivity index (χ3v) is 4.20. The maximum atomic E-state index is 12.0. The summed E-state index contributed by atoms with van der Waals surface area (Å²) in [6.07, 6.45) is 0.927. The van der Waals surface area contributed by atoms with Gasteiger partial charge in [-0.05, 0) is 47.9 Å². The lowest BCUT2D eigenvalue weighted by Gasteiger charge is -2.22. The van der Waals surface area contributed by atoms with Gasteiger partial charge < -0.3 is 10.1 Å². The Morgan fingerprint density at radius 2 is 1.86 bits per heavy atom. The lowest BCUT2D eigenvalue weighted by molar-refractivity contribution is -0.147. The fourth-order valence-electron chi connectivity index (χ4n) is 2.69. The molecule has 120 valence electrons. The van der Waals surface area contributed by atoms with Gasteiger partial charge in [0.05, 0.1) is 0 Å². The van der Waals surface area contributed by atoms with Gasteiger partial charge in [-0.3, -0.25) is 4.79 Å². The summed E-state index contributed by atoms with van der Waals surface area (Å²) in [5, 5.41) is 2.63. The molecule has 1 atom stereocenters. The highest BCUT2D eigenvalue weighted by molar-refractivity contribution is 5.88. The van der Waals surface area contributed by atoms with E-state index in [0.29, 0.717) is 12.8 Å². The second-order valence-electron chi connectivity index (χ2n) is 7.11. The van der Waals surface area contributed by atoms with Crippen LogP contribution in [0.15, 0.2) is 12.1 Å². The molecule has 0 aromatic heterocycles. The summed E-state index contributed by atoms with van der Waals surface area (Å²) >= 11 is 0. The van der Waals surface area contributed by atoms with E-state index in [2.05, 4.69) is 38.2 Å². The molecule has 0 spiro atoms. The van der Waals surface area contributed by atoms with E-state index >= 15 is 0 Å². The molecule has 0 radical (unpaired) electrons. The fraction of sp³-hybridized carbons (Fsp3) is 0.556. The Bertz CT molecular complexity index is 576. The highest BCUT2D eigenvalue weighted by Crippen LogP contribution is 2.27. The van der Waals surface area contributed by atoms with Crippen molar-refractivity contribution in [3.8, 4) is 0 Å². The maximum absolute atomic E-state index is 12.0. The third kappa shape index (κ3) is 3.67. The number of nitrogens with one attached hydrogen (secondary N) is 1. The predicted molar refractivity (Wildman–Crippen MR) is 85.6 cm³/mol. The van der Waals surface area contributed by atoms with Crippen LogP contribution >= 0.6 is 0 Å². The van der Waals surface area contributed by atoms with Crippen LogP contribution in [0.2, 0.25) is 0 Å². The van der Waals surface area contributed by atoms with Gasteiger partial charge >= 0.3 is 5.97 Å². The smallest absolute Gasteiger partial charge is 0.328 e. The van der Waals surface area contributed by atoms with Crippen LogP contribution in [-0.4, -0.2) is 17.9 Å². The highest BCUT2D eigenvalue weighted by Gasteiger charge is 2.28. The standard InChI is InChI=1S/C18H25NO3/c1-11-8-13(18(3,4)5)9-12(2)14(11)10-22-17(21)15-6-7-16(20)19-15/h8-9,15H,6-7,10H2,1-5H3,(H,19,20)/t15-/m1/s1. The number of ether oxygens (including phenoxy) is 1. The first-order valence-corrected chi connectivity index (χ1v) is 7.75. The first-order valence-electron chi connectivity index (χ1n) is 7.75. The van der Waals surface area contributed by atoms with Crippen LogP contribution in [0.1, 0.15) is 55.9 Å². The molecule has 1 aliphatic rings. The average Bonchev–Trinajstić information content (AvgIpc) is 2.83. The molecule has 1 saturated heterocycles. The summed E-state index contributed by atoms with van der Waals surface area (Å²) < 4.78 is 5.39. The molecule has 0 bridgehead atoms. The molecular weight excluding hydrogens is 278 g/mol. The summed E-state index contributed by atoms with van der Waals surface area (Å²) in [5.74, 6) is -0.423. The second kappa shape index (κ2) is 6.11. The molecule has 1 N–H and O–H groups in total. The monoisotopic (exact) mass is 303 g/mol. The van der Waals surface area contributed by atoms with Gasteiger partial charge in [0.15, 0.2) is 0 Å². The highest BCUT2D eigenvalue weighted by atomic mass is 16.5. The van der Waals surface area contributed by atoms with Crippen LogP contribution < -0.4 is 5.32 Å². The topological polar surface area (TPSA) is 55.4 Å². The average molecular weight is 303 g/mol. The molecule has 1 amide bonds. The number of amides is 1. The Hall–Kier alpha value is -1.84. The number of benzene rings is 1. The number of hydrogen-bond acceptors (Lipinski definition) is 3. The number of carbonyl (C=O) groups is 2. The van der Waals surface area contributed by atoms with E-state index in [1.54, 1.807) is 0 Å². The number of hydrogen-bond donors (Lipinski definition) is 1. The van der Waals surface area contributed by atoms with Crippen molar-refractivity contribution in [2.45, 2.75) is 65.5 Å². The molecule has 22 heavy (non-hydrogen) atoms. The van der Waals surface area contributed by atoms with Gasteiger partial charge in [-0.2, -0.15) is 0 Å². The Morgan fingerprint density at radius 1 is 1.27 bits per heavy atom. The van der Waals surface area contributed by atoms with Gasteiger partial charge in [-0.15, -0.1) is 0 Å². The zero-order chi connectivity index (χ0) is 16.5. The molecule has 1 aliphatic heterocycles. The quantitative estimate of drug-likeness (QED) is 0.874. The van der Waals surface area contributed by atoms with E-state index in [0.717, 1.165) is 16.7 Å². The van der Waals surface area contributed by atoms with Crippen molar-refractivity contribution >= 4 is 11.9 Å². The minimum absolute atomic E-state index is 0.0798. The minimum Gasteiger partial charge on any atom is -0.459 e. The van der Waals surface area contributed by atoms with Crippen LogP contribution in [0.4, 0.5) is 0 Å². The van der Waals surface area contributed by atoms with Crippen molar-refractivity contribution in [2.24, 2.45) is 0 Å². The van der Waals surface area contributed by atoms with Crippen molar-refractivity contribution in [1.82, 2.24) is 5.32 Å². The number of rotatable bonds is 3. The lowest BCUT2D eigenvalue weighted by Crippen LogP contribution is -2.34. The van der Waals surface area contributed by atoms with Gasteiger partial charge in [0, 0.05) is 6.42 Å². The summed E-state index contributed by atoms with van der Waals surface area (Å²) in [6.45, 7) is 10.9. The van der Waals surface area contributed by atoms with E-state index in [1.807, 2.05) is 13.8 Å². The van der Waals surface area contributed by atoms with Crippen LogP contribution in [0.25, 0.3) is 0 Å². The number of aryl methyl sites for hydroxylation is 2. The van der Waals surface area contributed by atoms with E-state index in [9.17, 15) is 9.59 Å². The first-order chi connectivity index (χ1) is 10.2. The lowest BCUT2D eigenvalue weighted by atomic mass is 9.84. The normalized spacial score (nSPS) is 18.2. The van der Waals surface area contributed by atoms with Crippen LogP contribution in [-0.2, 0) is 26.3 Å². The molecule has 1 fully saturated rings. The van der Waals surface area contributed by atoms with E-state index in [-0.39, 0.29) is 23.9 Å². The zero-order valence-corrected chi connectivity index (χ0v) is 14.1. The van der Waals surface area contributed by atoms with E-state index in [1.165, 1.54) is 5.56 Å². The molecule has 1 aromatic carbocycles. The molecule has 0 saturated carbocycles. The number of esters is 1. The SMILES string of the molecule is Cc1cc(C(C)(C)C)cc(C)c1COC(=O)[C@H]1CCC(=O)N1. The molecule has 4 nitrogen and oxygen atoms in total. The fourth-order valence-corrected chi connectivity index (χ4v) is 2.69. The van der Waals surface area contributed by atoms with E-state index in [4.69, 9.17) is 4.74 Å². The van der Waals surface area contributed by atoms with Gasteiger partial charge in [-0.25, -0.2) is 4.79 Å². The van der Waals surface area contributed by atoms with Crippen LogP contribution in [0.5, 0.6) is 0 Å². The Labute approximate surface area is 132 Å². The van der Waals surface area contributed by atoms with Gasteiger partial charge in [0.2, 0.25) is 5.91 Å². The third-order valence-electron chi connectivity index (χ3n) is 4.20. The van der Waals surface area contributed by atoms with Crippen molar-refractivity contribution < 1.29 is 14.3 Å². The summed E-state index contributed by atoms with van der Waals surface area (Å²) in [5.41, 5.74) is 4.69. The van der Waals surface area contributed by atoms with Gasteiger partial charge in [0.1, 0.15) is 12.6 Å². The van der Waals surface area contributed by atoms with Crippen LogP contribution in [0, 0.1) is 13.8 Å². The summed E-state index contributed by atoms with van der Waals surface area (Å²) in [6, 6.07) is 3.84. The molecule has 4 heteroatoms.